The molecule has 4 heteroatoms. The zero-order chi connectivity index (χ0) is 17.6. The number of aromatic nitrogens is 2. The molecule has 0 spiro atoms. The number of hydrogen-bond acceptors (Lipinski definition) is 3. The van der Waals surface area contributed by atoms with Crippen molar-refractivity contribution in [3.63, 3.8) is 0 Å². The molecule has 25 heavy (non-hydrogen) atoms. The maximum absolute atomic E-state index is 4.19. The number of rotatable bonds is 14. The van der Waals surface area contributed by atoms with Gasteiger partial charge in [0.15, 0.2) is 0 Å². The fourth-order valence-corrected chi connectivity index (χ4v) is 7.02. The van der Waals surface area contributed by atoms with Gasteiger partial charge >= 0.3 is 0 Å². The lowest BCUT2D eigenvalue weighted by Crippen LogP contribution is -2.27. The van der Waals surface area contributed by atoms with Crippen LogP contribution in [0.5, 0.6) is 0 Å². The van der Waals surface area contributed by atoms with E-state index < -0.39 is 0 Å². The minimum absolute atomic E-state index is 0.475. The van der Waals surface area contributed by atoms with Crippen LogP contribution in [0, 0.1) is 0 Å². The van der Waals surface area contributed by atoms with E-state index in [1.165, 1.54) is 95.0 Å². The Kier molecular flexibility index (Phi) is 11.1. The van der Waals surface area contributed by atoms with Crippen molar-refractivity contribution in [3.8, 4) is 0 Å². The monoisotopic (exact) mass is 382 g/mol. The van der Waals surface area contributed by atoms with Crippen LogP contribution in [0.1, 0.15) is 90.4 Å². The average molecular weight is 383 g/mol. The van der Waals surface area contributed by atoms with Crippen LogP contribution in [0.2, 0.25) is 0 Å². The summed E-state index contributed by atoms with van der Waals surface area (Å²) in [5.41, 5.74) is 0. The minimum Gasteiger partial charge on any atom is -0.337 e. The fraction of sp³-hybridized carbons (Fsp3) is 0.857. The van der Waals surface area contributed by atoms with E-state index in [2.05, 4.69) is 46.2 Å². The molecule has 2 rings (SSSR count). The summed E-state index contributed by atoms with van der Waals surface area (Å²) in [5.74, 6) is 2.71. The maximum atomic E-state index is 4.19. The van der Waals surface area contributed by atoms with E-state index in [1.807, 2.05) is 12.5 Å². The fourth-order valence-electron chi connectivity index (χ4n) is 3.63. The average Bonchev–Trinajstić information content (AvgIpc) is 3.16. The van der Waals surface area contributed by atoms with E-state index in [0.29, 0.717) is 4.08 Å². The zero-order valence-electron chi connectivity index (χ0n) is 16.3. The third kappa shape index (κ3) is 8.90. The Morgan fingerprint density at radius 2 is 1.52 bits per heavy atom. The molecule has 0 aromatic carbocycles. The van der Waals surface area contributed by atoms with Crippen LogP contribution in [0.3, 0.4) is 0 Å². The van der Waals surface area contributed by atoms with Gasteiger partial charge in [-0.25, -0.2) is 4.98 Å². The van der Waals surface area contributed by atoms with E-state index in [1.54, 1.807) is 0 Å². The zero-order valence-corrected chi connectivity index (χ0v) is 17.9. The van der Waals surface area contributed by atoms with Crippen molar-refractivity contribution < 1.29 is 0 Å². The van der Waals surface area contributed by atoms with E-state index in [4.69, 9.17) is 0 Å². The molecule has 1 aliphatic rings. The largest absolute Gasteiger partial charge is 0.337 e. The number of unbranched alkanes of at least 4 members (excludes halogenated alkanes) is 9. The molecule has 1 aromatic heterocycles. The van der Waals surface area contributed by atoms with Gasteiger partial charge in [-0.2, -0.15) is 0 Å². The lowest BCUT2D eigenvalue weighted by molar-refractivity contribution is 0.517. The second-order valence-electron chi connectivity index (χ2n) is 7.44. The molecule has 0 N–H and O–H groups in total. The van der Waals surface area contributed by atoms with Crippen LogP contribution in [-0.4, -0.2) is 25.1 Å². The molecule has 1 fully saturated rings. The van der Waals surface area contributed by atoms with Gasteiger partial charge in [-0.3, -0.25) is 0 Å². The first-order chi connectivity index (χ1) is 12.3. The van der Waals surface area contributed by atoms with Gasteiger partial charge in [-0.1, -0.05) is 71.1 Å². The summed E-state index contributed by atoms with van der Waals surface area (Å²) < 4.78 is 2.72. The van der Waals surface area contributed by atoms with Crippen LogP contribution in [0.4, 0.5) is 0 Å². The van der Waals surface area contributed by atoms with Gasteiger partial charge in [0, 0.05) is 18.9 Å². The lowest BCUT2D eigenvalue weighted by atomic mass is 10.0. The smallest absolute Gasteiger partial charge is 0.0945 e. The Labute approximate surface area is 164 Å². The highest BCUT2D eigenvalue weighted by Crippen LogP contribution is 2.48. The number of hydrogen-bond donors (Lipinski definition) is 0. The Morgan fingerprint density at radius 3 is 2.12 bits per heavy atom. The highest BCUT2D eigenvalue weighted by molar-refractivity contribution is 8.18. The van der Waals surface area contributed by atoms with Crippen molar-refractivity contribution in [3.05, 3.63) is 18.7 Å². The van der Waals surface area contributed by atoms with Gasteiger partial charge in [0.2, 0.25) is 0 Å². The normalized spacial score (nSPS) is 17.0. The summed E-state index contributed by atoms with van der Waals surface area (Å²) >= 11 is 4.48. The second-order valence-corrected chi connectivity index (χ2v) is 10.7. The molecular weight excluding hydrogens is 344 g/mol. The second kappa shape index (κ2) is 13.1. The first kappa shape index (κ1) is 21.2. The van der Waals surface area contributed by atoms with Crippen LogP contribution >= 0.6 is 23.5 Å². The Morgan fingerprint density at radius 1 is 0.880 bits per heavy atom. The minimum atomic E-state index is 0.475. The molecule has 1 aliphatic heterocycles. The molecule has 0 atom stereocenters. The van der Waals surface area contributed by atoms with Gasteiger partial charge in [0.25, 0.3) is 0 Å². The van der Waals surface area contributed by atoms with E-state index in [0.717, 1.165) is 6.54 Å². The summed E-state index contributed by atoms with van der Waals surface area (Å²) in [7, 11) is 0. The Hall–Kier alpha value is -0.0900. The SMILES string of the molecule is CCCCCCCCCCCCC1(CCn2ccnc2)SCCCS1. The van der Waals surface area contributed by atoms with Crippen LogP contribution < -0.4 is 0 Å². The molecule has 0 amide bonds. The summed E-state index contributed by atoms with van der Waals surface area (Å²) in [6.07, 6.45) is 24.4. The summed E-state index contributed by atoms with van der Waals surface area (Å²) in [4.78, 5) is 4.19. The third-order valence-corrected chi connectivity index (χ3v) is 8.80. The van der Waals surface area contributed by atoms with Gasteiger partial charge in [-0.05, 0) is 30.8 Å². The van der Waals surface area contributed by atoms with E-state index in [-0.39, 0.29) is 0 Å². The highest BCUT2D eigenvalue weighted by atomic mass is 32.2. The molecule has 0 unspecified atom stereocenters. The predicted octanol–water partition coefficient (Wildman–Crippen LogP) is 7.15. The predicted molar refractivity (Wildman–Crippen MR) is 116 cm³/mol. The Bertz CT molecular complexity index is 414. The standard InChI is InChI=1S/C21H38N2S2/c1-2-3-4-5-6-7-8-9-10-11-13-21(24-18-12-19-25-21)14-16-23-17-15-22-20-23/h15,17,20H,2-14,16,18-19H2,1H3. The van der Waals surface area contributed by atoms with E-state index >= 15 is 0 Å². The maximum Gasteiger partial charge on any atom is 0.0945 e. The first-order valence-corrected chi connectivity index (χ1v) is 12.6. The van der Waals surface area contributed by atoms with Crippen LogP contribution in [0.15, 0.2) is 18.7 Å². The summed E-state index contributed by atoms with van der Waals surface area (Å²) in [5, 5.41) is 0. The van der Waals surface area contributed by atoms with E-state index in [9.17, 15) is 0 Å². The summed E-state index contributed by atoms with van der Waals surface area (Å²) in [6.45, 7) is 3.42. The lowest BCUT2D eigenvalue weighted by Gasteiger charge is -2.36. The summed E-state index contributed by atoms with van der Waals surface area (Å²) in [6, 6.07) is 0. The van der Waals surface area contributed by atoms with Crippen molar-refractivity contribution in [2.75, 3.05) is 11.5 Å². The van der Waals surface area contributed by atoms with Gasteiger partial charge in [-0.15, -0.1) is 23.5 Å². The number of aryl methyl sites for hydroxylation is 1. The van der Waals surface area contributed by atoms with Crippen molar-refractivity contribution in [1.82, 2.24) is 9.55 Å². The third-order valence-electron chi connectivity index (χ3n) is 5.24. The van der Waals surface area contributed by atoms with Crippen molar-refractivity contribution in [1.29, 1.82) is 0 Å². The van der Waals surface area contributed by atoms with Gasteiger partial charge < -0.3 is 4.57 Å². The number of nitrogens with zero attached hydrogens (tertiary/aromatic N) is 2. The molecule has 1 aromatic rings. The number of imidazole rings is 1. The molecule has 1 saturated heterocycles. The molecular formula is C21H38N2S2. The molecule has 144 valence electrons. The highest BCUT2D eigenvalue weighted by Gasteiger charge is 2.32. The first-order valence-electron chi connectivity index (χ1n) is 10.6. The molecule has 2 nitrogen and oxygen atoms in total. The molecule has 0 saturated carbocycles. The molecule has 2 heterocycles. The van der Waals surface area contributed by atoms with Crippen LogP contribution in [0.25, 0.3) is 0 Å². The van der Waals surface area contributed by atoms with Crippen LogP contribution in [-0.2, 0) is 6.54 Å². The molecule has 0 bridgehead atoms. The van der Waals surface area contributed by atoms with Crippen molar-refractivity contribution >= 4 is 23.5 Å². The molecule has 0 radical (unpaired) electrons. The van der Waals surface area contributed by atoms with Gasteiger partial charge in [0.05, 0.1) is 10.4 Å². The Balaban J connectivity index is 1.56. The number of thioether (sulfide) groups is 2. The van der Waals surface area contributed by atoms with Crippen molar-refractivity contribution in [2.45, 2.75) is 101 Å². The topological polar surface area (TPSA) is 17.8 Å². The quantitative estimate of drug-likeness (QED) is 0.318. The molecule has 0 aliphatic carbocycles. The van der Waals surface area contributed by atoms with Crippen molar-refractivity contribution in [2.24, 2.45) is 0 Å². The van der Waals surface area contributed by atoms with Gasteiger partial charge in [0.1, 0.15) is 0 Å².